The molecule has 3 aromatic rings. The highest BCUT2D eigenvalue weighted by Gasteiger charge is 2.21. The molecule has 9 heteroatoms. The van der Waals surface area contributed by atoms with Crippen molar-refractivity contribution in [2.75, 3.05) is 25.1 Å². The number of halogens is 1. The van der Waals surface area contributed by atoms with Crippen molar-refractivity contribution in [2.45, 2.75) is 25.9 Å². The number of hydrogen-bond acceptors (Lipinski definition) is 6. The molecule has 32 heavy (non-hydrogen) atoms. The van der Waals surface area contributed by atoms with E-state index in [1.807, 2.05) is 25.1 Å². The van der Waals surface area contributed by atoms with Gasteiger partial charge in [0.2, 0.25) is 5.91 Å². The molecule has 0 saturated heterocycles. The van der Waals surface area contributed by atoms with E-state index in [2.05, 4.69) is 32.7 Å². The van der Waals surface area contributed by atoms with E-state index in [4.69, 9.17) is 4.74 Å². The minimum Gasteiger partial charge on any atom is -0.380 e. The number of amides is 1. The zero-order valence-corrected chi connectivity index (χ0v) is 18.0. The normalized spacial score (nSPS) is 11.8. The Bertz CT molecular complexity index is 1020. The molecule has 2 aromatic carbocycles. The van der Waals surface area contributed by atoms with Gasteiger partial charge in [0.25, 0.3) is 0 Å². The molecule has 168 valence electrons. The van der Waals surface area contributed by atoms with E-state index in [1.165, 1.54) is 12.1 Å². The van der Waals surface area contributed by atoms with Gasteiger partial charge in [0.05, 0.1) is 19.2 Å². The minimum absolute atomic E-state index is 0.227. The number of aromatic nitrogens is 4. The van der Waals surface area contributed by atoms with Gasteiger partial charge in [-0.25, -0.2) is 9.07 Å². The fraction of sp³-hybridized carbons (Fsp3) is 0.304. The summed E-state index contributed by atoms with van der Waals surface area (Å²) in [5, 5.41) is 18.3. The maximum Gasteiger partial charge on any atom is 0.247 e. The summed E-state index contributed by atoms with van der Waals surface area (Å²) < 4.78 is 21.1. The Hall–Kier alpha value is -3.43. The number of nitrogens with one attached hydrogen (secondary N) is 2. The van der Waals surface area contributed by atoms with Crippen LogP contribution in [0.25, 0.3) is 0 Å². The lowest BCUT2D eigenvalue weighted by Crippen LogP contribution is -2.28. The molecule has 0 saturated carbocycles. The van der Waals surface area contributed by atoms with Crippen LogP contribution in [0.4, 0.5) is 10.1 Å². The topological polar surface area (TPSA) is 94.0 Å². The van der Waals surface area contributed by atoms with Crippen molar-refractivity contribution < 1.29 is 13.9 Å². The first-order valence-corrected chi connectivity index (χ1v) is 10.5. The fourth-order valence-corrected chi connectivity index (χ4v) is 3.24. The highest BCUT2D eigenvalue weighted by molar-refractivity contribution is 5.98. The highest BCUT2D eigenvalue weighted by atomic mass is 19.1. The van der Waals surface area contributed by atoms with E-state index in [1.54, 1.807) is 28.9 Å². The summed E-state index contributed by atoms with van der Waals surface area (Å²) in [5.74, 6) is 0.119. The lowest BCUT2D eigenvalue weighted by Gasteiger charge is -2.19. The second kappa shape index (κ2) is 11.8. The van der Waals surface area contributed by atoms with Crippen molar-refractivity contribution in [1.29, 1.82) is 0 Å². The van der Waals surface area contributed by atoms with Crippen LogP contribution in [0.3, 0.4) is 0 Å². The summed E-state index contributed by atoms with van der Waals surface area (Å²) in [6.07, 6.45) is 1.73. The summed E-state index contributed by atoms with van der Waals surface area (Å²) in [6, 6.07) is 13.8. The number of ether oxygens (including phenoxy) is 1. The summed E-state index contributed by atoms with van der Waals surface area (Å²) >= 11 is 0. The zero-order chi connectivity index (χ0) is 22.8. The molecule has 1 aromatic heterocycles. The maximum absolute atomic E-state index is 14.0. The van der Waals surface area contributed by atoms with Gasteiger partial charge in [0, 0.05) is 18.8 Å². The van der Waals surface area contributed by atoms with Gasteiger partial charge in [0.1, 0.15) is 5.82 Å². The third-order valence-electron chi connectivity index (χ3n) is 4.87. The molecule has 1 atom stereocenters. The molecular weight excluding hydrogens is 411 g/mol. The monoisotopic (exact) mass is 438 g/mol. The number of hydrogen-bond donors (Lipinski definition) is 2. The number of carbonyl (C=O) groups is 1. The quantitative estimate of drug-likeness (QED) is 0.334. The molecule has 3 rings (SSSR count). The molecule has 0 radical (unpaired) electrons. The molecule has 0 aliphatic carbocycles. The van der Waals surface area contributed by atoms with Crippen LogP contribution < -0.4 is 10.6 Å². The Kier molecular flexibility index (Phi) is 8.59. The summed E-state index contributed by atoms with van der Waals surface area (Å²) in [6.45, 7) is 7.51. The van der Waals surface area contributed by atoms with E-state index in [-0.39, 0.29) is 17.8 Å². The van der Waals surface area contributed by atoms with Gasteiger partial charge in [-0.05, 0) is 59.2 Å². The van der Waals surface area contributed by atoms with Crippen LogP contribution >= 0.6 is 0 Å². The molecule has 1 unspecified atom stereocenters. The van der Waals surface area contributed by atoms with Crippen LogP contribution in [0.2, 0.25) is 0 Å². The van der Waals surface area contributed by atoms with Gasteiger partial charge in [-0.1, -0.05) is 36.9 Å². The number of benzene rings is 2. The fourth-order valence-electron chi connectivity index (χ4n) is 3.24. The SMILES string of the molecule is C=CC(=O)Nc1ccc(C(NCCc2ccccc2F)c2nnnn2CCOCC)cc1. The van der Waals surface area contributed by atoms with Gasteiger partial charge in [-0.15, -0.1) is 5.10 Å². The Balaban J connectivity index is 1.79. The Labute approximate surface area is 186 Å². The van der Waals surface area contributed by atoms with Crippen LogP contribution in [0, 0.1) is 5.82 Å². The standard InChI is InChI=1S/C23H27FN6O2/c1-3-21(31)26-19-11-9-18(10-12-19)22(23-27-28-29-30(23)15-16-32-4-2)25-14-13-17-7-5-6-8-20(17)24/h3,5-12,22,25H,1,4,13-16H2,2H3,(H,26,31). The van der Waals surface area contributed by atoms with Crippen molar-refractivity contribution in [3.8, 4) is 0 Å². The van der Waals surface area contributed by atoms with Crippen molar-refractivity contribution in [2.24, 2.45) is 0 Å². The summed E-state index contributed by atoms with van der Waals surface area (Å²) in [7, 11) is 0. The molecule has 2 N–H and O–H groups in total. The van der Waals surface area contributed by atoms with Gasteiger partial charge in [-0.2, -0.15) is 0 Å². The third-order valence-corrected chi connectivity index (χ3v) is 4.87. The second-order valence-corrected chi connectivity index (χ2v) is 7.00. The lowest BCUT2D eigenvalue weighted by atomic mass is 10.0. The predicted octanol–water partition coefficient (Wildman–Crippen LogP) is 2.89. The van der Waals surface area contributed by atoms with E-state index < -0.39 is 0 Å². The van der Waals surface area contributed by atoms with Crippen LogP contribution in [-0.4, -0.2) is 45.9 Å². The minimum atomic E-state index is -0.331. The third kappa shape index (κ3) is 6.29. The molecule has 8 nitrogen and oxygen atoms in total. The molecule has 0 aliphatic rings. The van der Waals surface area contributed by atoms with Gasteiger partial charge in [0.15, 0.2) is 5.82 Å². The Morgan fingerprint density at radius 1 is 1.25 bits per heavy atom. The summed E-state index contributed by atoms with van der Waals surface area (Å²) in [4.78, 5) is 11.5. The maximum atomic E-state index is 14.0. The Morgan fingerprint density at radius 2 is 2.03 bits per heavy atom. The molecular formula is C23H27FN6O2. The van der Waals surface area contributed by atoms with E-state index in [0.717, 1.165) is 5.56 Å². The van der Waals surface area contributed by atoms with Crippen LogP contribution in [0.5, 0.6) is 0 Å². The number of rotatable bonds is 12. The molecule has 0 fully saturated rings. The number of anilines is 1. The molecule has 0 aliphatic heterocycles. The van der Waals surface area contributed by atoms with Crippen LogP contribution in [0.15, 0.2) is 61.2 Å². The number of tetrazole rings is 1. The first kappa shape index (κ1) is 23.2. The molecule has 1 amide bonds. The van der Waals surface area contributed by atoms with Crippen LogP contribution in [-0.2, 0) is 22.5 Å². The number of carbonyl (C=O) groups excluding carboxylic acids is 1. The predicted molar refractivity (Wildman–Crippen MR) is 120 cm³/mol. The second-order valence-electron chi connectivity index (χ2n) is 7.00. The van der Waals surface area contributed by atoms with E-state index >= 15 is 0 Å². The van der Waals surface area contributed by atoms with Gasteiger partial charge >= 0.3 is 0 Å². The molecule has 0 bridgehead atoms. The van der Waals surface area contributed by atoms with Gasteiger partial charge < -0.3 is 15.4 Å². The first-order chi connectivity index (χ1) is 15.6. The number of nitrogens with zero attached hydrogens (tertiary/aromatic N) is 4. The van der Waals surface area contributed by atoms with Crippen molar-refractivity contribution >= 4 is 11.6 Å². The average molecular weight is 439 g/mol. The van der Waals surface area contributed by atoms with Crippen molar-refractivity contribution in [3.05, 3.63) is 84.0 Å². The lowest BCUT2D eigenvalue weighted by molar-refractivity contribution is -0.111. The zero-order valence-electron chi connectivity index (χ0n) is 18.0. The van der Waals surface area contributed by atoms with Crippen molar-refractivity contribution in [1.82, 2.24) is 25.5 Å². The van der Waals surface area contributed by atoms with Crippen LogP contribution in [0.1, 0.15) is 29.9 Å². The largest absolute Gasteiger partial charge is 0.380 e. The van der Waals surface area contributed by atoms with Crippen molar-refractivity contribution in [3.63, 3.8) is 0 Å². The average Bonchev–Trinajstić information content (AvgIpc) is 3.27. The Morgan fingerprint density at radius 3 is 2.75 bits per heavy atom. The first-order valence-electron chi connectivity index (χ1n) is 10.5. The smallest absolute Gasteiger partial charge is 0.247 e. The van der Waals surface area contributed by atoms with E-state index in [0.29, 0.717) is 49.8 Å². The molecule has 1 heterocycles. The van der Waals surface area contributed by atoms with E-state index in [9.17, 15) is 9.18 Å². The molecule has 0 spiro atoms. The van der Waals surface area contributed by atoms with Gasteiger partial charge in [-0.3, -0.25) is 4.79 Å². The summed E-state index contributed by atoms with van der Waals surface area (Å²) in [5.41, 5.74) is 2.19. The highest BCUT2D eigenvalue weighted by Crippen LogP contribution is 2.22.